The molecule has 0 N–H and O–H groups in total. The number of hydrogen-bond donors (Lipinski definition) is 0. The Bertz CT molecular complexity index is 407. The zero-order chi connectivity index (χ0) is 21.5. The van der Waals surface area contributed by atoms with Crippen LogP contribution >= 0.6 is 0 Å². The molecule has 0 amide bonds. The van der Waals surface area contributed by atoms with Gasteiger partial charge in [-0.3, -0.25) is 0 Å². The van der Waals surface area contributed by atoms with Crippen LogP contribution in [-0.4, -0.2) is 37.7 Å². The van der Waals surface area contributed by atoms with Gasteiger partial charge in [-0.15, -0.1) is 0 Å². The van der Waals surface area contributed by atoms with E-state index in [4.69, 9.17) is 0 Å². The maximum absolute atomic E-state index is 2.39. The maximum atomic E-state index is 2.39. The fourth-order valence-electron chi connectivity index (χ4n) is 4.51. The molecule has 31 heavy (non-hydrogen) atoms. The van der Waals surface area contributed by atoms with Crippen LogP contribution in [0, 0.1) is 0 Å². The standard InChI is InChI=1S/C30H54.Ca.2H/c1-3-5-7-9-11-13-15-17-19-21-23-29-25-27-30(28-26-29)24-22-20-18-16-14-12-10-8-6-4-2;;;/h25-28H,3-24H2,1-2H3;;;. The van der Waals surface area contributed by atoms with Gasteiger partial charge in [-0.2, -0.15) is 0 Å². The third-order valence-corrected chi connectivity index (χ3v) is 6.66. The van der Waals surface area contributed by atoms with Gasteiger partial charge < -0.3 is 0 Å². The molecule has 178 valence electrons. The molecule has 0 atom stereocenters. The van der Waals surface area contributed by atoms with Crippen molar-refractivity contribution < 1.29 is 0 Å². The zero-order valence-electron chi connectivity index (χ0n) is 20.9. The first-order valence-corrected chi connectivity index (χ1v) is 13.9. The monoisotopic (exact) mass is 456 g/mol. The van der Waals surface area contributed by atoms with Gasteiger partial charge in [0.15, 0.2) is 0 Å². The topological polar surface area (TPSA) is 0 Å². The number of benzene rings is 1. The molecule has 1 aromatic carbocycles. The molecule has 0 bridgehead atoms. The van der Waals surface area contributed by atoms with E-state index >= 15 is 0 Å². The number of hydrogen-bond acceptors (Lipinski definition) is 0. The molecule has 0 aliphatic heterocycles. The molecule has 0 fully saturated rings. The van der Waals surface area contributed by atoms with Crippen LogP contribution in [0.3, 0.4) is 0 Å². The van der Waals surface area contributed by atoms with E-state index in [1.165, 1.54) is 141 Å². The van der Waals surface area contributed by atoms with Crippen molar-refractivity contribution in [2.75, 3.05) is 0 Å². The van der Waals surface area contributed by atoms with Crippen molar-refractivity contribution in [2.45, 2.75) is 155 Å². The van der Waals surface area contributed by atoms with Gasteiger partial charge in [0.2, 0.25) is 0 Å². The van der Waals surface area contributed by atoms with Gasteiger partial charge in [0.25, 0.3) is 0 Å². The SMILES string of the molecule is CCCCCCCCCCCCc1ccc(CCCCCCCCCCCC)cc1.[CaH2]. The molecular weight excluding hydrogens is 400 g/mol. The first kappa shape index (κ1) is 31.5. The van der Waals surface area contributed by atoms with Gasteiger partial charge in [0.1, 0.15) is 0 Å². The van der Waals surface area contributed by atoms with Crippen LogP contribution in [0.15, 0.2) is 24.3 Å². The Morgan fingerprint density at radius 1 is 0.355 bits per heavy atom. The van der Waals surface area contributed by atoms with Crippen LogP contribution in [0.1, 0.15) is 153 Å². The molecule has 0 unspecified atom stereocenters. The molecule has 0 nitrogen and oxygen atoms in total. The van der Waals surface area contributed by atoms with Crippen LogP contribution in [0.2, 0.25) is 0 Å². The molecule has 1 heteroatoms. The third-order valence-electron chi connectivity index (χ3n) is 6.66. The summed E-state index contributed by atoms with van der Waals surface area (Å²) in [5, 5.41) is 0. The second-order valence-corrected chi connectivity index (χ2v) is 9.68. The van der Waals surface area contributed by atoms with E-state index in [0.29, 0.717) is 0 Å². The minimum atomic E-state index is 0. The summed E-state index contributed by atoms with van der Waals surface area (Å²) in [6, 6.07) is 9.55. The van der Waals surface area contributed by atoms with Crippen molar-refractivity contribution in [3.05, 3.63) is 35.4 Å². The Morgan fingerprint density at radius 2 is 0.581 bits per heavy atom. The van der Waals surface area contributed by atoms with Gasteiger partial charge in [-0.05, 0) is 36.8 Å². The molecule has 1 rings (SSSR count). The molecule has 0 saturated carbocycles. The molecule has 0 aliphatic carbocycles. The molecule has 1 aromatic rings. The van der Waals surface area contributed by atoms with Crippen LogP contribution < -0.4 is 0 Å². The van der Waals surface area contributed by atoms with Crippen LogP contribution in [0.4, 0.5) is 0 Å². The summed E-state index contributed by atoms with van der Waals surface area (Å²) in [4.78, 5) is 0. The van der Waals surface area contributed by atoms with E-state index < -0.39 is 0 Å². The van der Waals surface area contributed by atoms with E-state index in [1.54, 1.807) is 11.1 Å². The van der Waals surface area contributed by atoms with Crippen LogP contribution in [-0.2, 0) is 12.8 Å². The van der Waals surface area contributed by atoms with Crippen molar-refractivity contribution >= 4 is 37.7 Å². The summed E-state index contributed by atoms with van der Waals surface area (Å²) in [7, 11) is 0. The summed E-state index contributed by atoms with van der Waals surface area (Å²) in [6.07, 6.45) is 31.1. The van der Waals surface area contributed by atoms with Crippen molar-refractivity contribution in [3.8, 4) is 0 Å². The first-order valence-electron chi connectivity index (χ1n) is 13.9. The average molecular weight is 457 g/mol. The quantitative estimate of drug-likeness (QED) is 0.120. The van der Waals surface area contributed by atoms with E-state index in [0.717, 1.165) is 0 Å². The molecule has 0 heterocycles. The van der Waals surface area contributed by atoms with Crippen LogP contribution in [0.25, 0.3) is 0 Å². The van der Waals surface area contributed by atoms with Crippen molar-refractivity contribution in [2.24, 2.45) is 0 Å². The van der Waals surface area contributed by atoms with E-state index in [-0.39, 0.29) is 37.7 Å². The van der Waals surface area contributed by atoms with Crippen molar-refractivity contribution in [3.63, 3.8) is 0 Å². The van der Waals surface area contributed by atoms with E-state index in [9.17, 15) is 0 Å². The Balaban J connectivity index is 0.00000900. The summed E-state index contributed by atoms with van der Waals surface area (Å²) in [6.45, 7) is 4.60. The van der Waals surface area contributed by atoms with Crippen LogP contribution in [0.5, 0.6) is 0 Å². The Kier molecular flexibility index (Phi) is 25.5. The minimum absolute atomic E-state index is 0. The summed E-state index contributed by atoms with van der Waals surface area (Å²) < 4.78 is 0. The fraction of sp³-hybridized carbons (Fsp3) is 0.800. The van der Waals surface area contributed by atoms with Gasteiger partial charge in [-0.25, -0.2) is 0 Å². The second-order valence-electron chi connectivity index (χ2n) is 9.68. The third kappa shape index (κ3) is 20.8. The summed E-state index contributed by atoms with van der Waals surface area (Å²) in [5.74, 6) is 0. The Hall–Kier alpha value is 0.480. The molecule has 0 saturated heterocycles. The second kappa shape index (κ2) is 25.1. The number of rotatable bonds is 22. The van der Waals surface area contributed by atoms with Gasteiger partial charge in [-0.1, -0.05) is 154 Å². The molecular formula is C30H56Ca. The average Bonchev–Trinajstić information content (AvgIpc) is 2.77. The Labute approximate surface area is 226 Å². The van der Waals surface area contributed by atoms with Crippen molar-refractivity contribution in [1.82, 2.24) is 0 Å². The van der Waals surface area contributed by atoms with Crippen molar-refractivity contribution in [1.29, 1.82) is 0 Å². The predicted molar refractivity (Wildman–Crippen MR) is 146 cm³/mol. The number of unbranched alkanes of at least 4 members (excludes halogenated alkanes) is 18. The Morgan fingerprint density at radius 3 is 0.839 bits per heavy atom. The summed E-state index contributed by atoms with van der Waals surface area (Å²) >= 11 is 0. The van der Waals surface area contributed by atoms with E-state index in [1.807, 2.05) is 0 Å². The molecule has 0 spiro atoms. The fourth-order valence-corrected chi connectivity index (χ4v) is 4.51. The first-order chi connectivity index (χ1) is 14.9. The molecule has 0 radical (unpaired) electrons. The van der Waals surface area contributed by atoms with E-state index in [2.05, 4.69) is 38.1 Å². The molecule has 0 aromatic heterocycles. The van der Waals surface area contributed by atoms with Gasteiger partial charge in [0, 0.05) is 0 Å². The van der Waals surface area contributed by atoms with Gasteiger partial charge in [0.05, 0.1) is 0 Å². The zero-order valence-corrected chi connectivity index (χ0v) is 20.9. The van der Waals surface area contributed by atoms with Gasteiger partial charge >= 0.3 is 37.7 Å². The molecule has 0 aliphatic rings. The number of aryl methyl sites for hydroxylation is 2. The predicted octanol–water partition coefficient (Wildman–Crippen LogP) is 9.70. The normalized spacial score (nSPS) is 10.9. The summed E-state index contributed by atoms with van der Waals surface area (Å²) in [5.41, 5.74) is 3.09.